The van der Waals surface area contributed by atoms with E-state index in [2.05, 4.69) is 4.98 Å². The zero-order valence-corrected chi connectivity index (χ0v) is 12.1. The first kappa shape index (κ1) is 14.0. The van der Waals surface area contributed by atoms with Crippen LogP contribution in [0, 0.1) is 5.82 Å². The molecule has 2 heterocycles. The van der Waals surface area contributed by atoms with Crippen molar-refractivity contribution in [3.05, 3.63) is 64.7 Å². The normalized spacial score (nSPS) is 11.2. The fourth-order valence-corrected chi connectivity index (χ4v) is 2.71. The van der Waals surface area contributed by atoms with E-state index in [1.54, 1.807) is 18.3 Å². The van der Waals surface area contributed by atoms with Gasteiger partial charge in [-0.25, -0.2) is 9.37 Å². The van der Waals surface area contributed by atoms with Crippen molar-refractivity contribution in [2.24, 2.45) is 5.73 Å². The SMILES string of the molecule is NCCc1cn(Cc2cc(Cl)ccc2F)c2ncccc12. The largest absolute Gasteiger partial charge is 0.330 e. The van der Waals surface area contributed by atoms with Crippen LogP contribution in [0.3, 0.4) is 0 Å². The number of rotatable bonds is 4. The molecule has 0 fully saturated rings. The molecule has 0 amide bonds. The van der Waals surface area contributed by atoms with E-state index in [1.165, 1.54) is 6.07 Å². The molecule has 0 saturated heterocycles. The second-order valence-electron chi connectivity index (χ2n) is 4.93. The van der Waals surface area contributed by atoms with Crippen LogP contribution in [0.15, 0.2) is 42.7 Å². The fraction of sp³-hybridized carbons (Fsp3) is 0.188. The van der Waals surface area contributed by atoms with Gasteiger partial charge in [-0.2, -0.15) is 0 Å². The lowest BCUT2D eigenvalue weighted by Gasteiger charge is -2.06. The average molecular weight is 304 g/mol. The van der Waals surface area contributed by atoms with Crippen molar-refractivity contribution >= 4 is 22.6 Å². The van der Waals surface area contributed by atoms with Gasteiger partial charge in [0.25, 0.3) is 0 Å². The summed E-state index contributed by atoms with van der Waals surface area (Å²) < 4.78 is 15.8. The topological polar surface area (TPSA) is 43.8 Å². The summed E-state index contributed by atoms with van der Waals surface area (Å²) in [6.07, 6.45) is 4.50. The van der Waals surface area contributed by atoms with E-state index in [0.717, 1.165) is 23.0 Å². The Morgan fingerprint density at radius 1 is 1.24 bits per heavy atom. The molecular formula is C16H15ClFN3. The predicted molar refractivity (Wildman–Crippen MR) is 83.0 cm³/mol. The fourth-order valence-electron chi connectivity index (χ4n) is 2.52. The molecule has 0 radical (unpaired) electrons. The van der Waals surface area contributed by atoms with Crippen molar-refractivity contribution in [2.45, 2.75) is 13.0 Å². The van der Waals surface area contributed by atoms with Crippen LogP contribution < -0.4 is 5.73 Å². The first-order valence-electron chi connectivity index (χ1n) is 6.76. The van der Waals surface area contributed by atoms with Crippen molar-refractivity contribution in [2.75, 3.05) is 6.54 Å². The van der Waals surface area contributed by atoms with E-state index in [1.807, 2.05) is 22.9 Å². The second-order valence-corrected chi connectivity index (χ2v) is 5.37. The Morgan fingerprint density at radius 2 is 2.10 bits per heavy atom. The smallest absolute Gasteiger partial charge is 0.140 e. The van der Waals surface area contributed by atoms with Gasteiger partial charge in [-0.3, -0.25) is 0 Å². The van der Waals surface area contributed by atoms with E-state index < -0.39 is 0 Å². The Labute approximate surface area is 127 Å². The van der Waals surface area contributed by atoms with E-state index in [4.69, 9.17) is 17.3 Å². The summed E-state index contributed by atoms with van der Waals surface area (Å²) in [4.78, 5) is 4.40. The summed E-state index contributed by atoms with van der Waals surface area (Å²) in [5.74, 6) is -0.266. The first-order valence-corrected chi connectivity index (χ1v) is 7.13. The lowest BCUT2D eigenvalue weighted by Crippen LogP contribution is -2.03. The van der Waals surface area contributed by atoms with E-state index in [-0.39, 0.29) is 5.82 Å². The van der Waals surface area contributed by atoms with Crippen molar-refractivity contribution in [1.82, 2.24) is 9.55 Å². The molecule has 0 aliphatic carbocycles. The lowest BCUT2D eigenvalue weighted by molar-refractivity contribution is 0.601. The molecule has 0 atom stereocenters. The highest BCUT2D eigenvalue weighted by Gasteiger charge is 2.11. The predicted octanol–water partition coefficient (Wildman–Crippen LogP) is 3.38. The Hall–Kier alpha value is -1.91. The molecule has 3 aromatic rings. The molecule has 0 bridgehead atoms. The van der Waals surface area contributed by atoms with Crippen LogP contribution in [0.5, 0.6) is 0 Å². The van der Waals surface area contributed by atoms with Crippen LogP contribution >= 0.6 is 11.6 Å². The first-order chi connectivity index (χ1) is 10.2. The Kier molecular flexibility index (Phi) is 3.90. The standard InChI is InChI=1S/C16H15ClFN3/c17-13-3-4-15(18)12(8-13)10-21-9-11(5-6-19)14-2-1-7-20-16(14)21/h1-4,7-9H,5-6,10,19H2. The zero-order valence-electron chi connectivity index (χ0n) is 11.4. The number of benzene rings is 1. The number of hydrogen-bond donors (Lipinski definition) is 1. The minimum Gasteiger partial charge on any atom is -0.330 e. The summed E-state index contributed by atoms with van der Waals surface area (Å²) in [6, 6.07) is 8.49. The van der Waals surface area contributed by atoms with E-state index in [9.17, 15) is 4.39 Å². The van der Waals surface area contributed by atoms with Gasteiger partial charge >= 0.3 is 0 Å². The molecule has 0 aliphatic rings. The molecule has 1 aromatic carbocycles. The third-order valence-corrected chi connectivity index (χ3v) is 3.71. The molecule has 2 aromatic heterocycles. The van der Waals surface area contributed by atoms with Crippen LogP contribution in [0.1, 0.15) is 11.1 Å². The lowest BCUT2D eigenvalue weighted by atomic mass is 10.2. The number of aromatic nitrogens is 2. The van der Waals surface area contributed by atoms with Gasteiger partial charge in [0.2, 0.25) is 0 Å². The molecule has 0 spiro atoms. The monoisotopic (exact) mass is 303 g/mol. The molecule has 21 heavy (non-hydrogen) atoms. The highest BCUT2D eigenvalue weighted by molar-refractivity contribution is 6.30. The minimum atomic E-state index is -0.266. The third kappa shape index (κ3) is 2.77. The van der Waals surface area contributed by atoms with Gasteiger partial charge in [0.15, 0.2) is 0 Å². The minimum absolute atomic E-state index is 0.266. The Bertz CT molecular complexity index is 782. The number of nitrogens with two attached hydrogens (primary N) is 1. The van der Waals surface area contributed by atoms with Gasteiger partial charge in [0.05, 0.1) is 6.54 Å². The molecule has 0 unspecified atom stereocenters. The van der Waals surface area contributed by atoms with Crippen LogP contribution in [-0.2, 0) is 13.0 Å². The second kappa shape index (κ2) is 5.84. The quantitative estimate of drug-likeness (QED) is 0.803. The van der Waals surface area contributed by atoms with E-state index >= 15 is 0 Å². The third-order valence-electron chi connectivity index (χ3n) is 3.48. The number of halogens is 2. The maximum Gasteiger partial charge on any atom is 0.140 e. The van der Waals surface area contributed by atoms with Gasteiger partial charge in [-0.1, -0.05) is 11.6 Å². The van der Waals surface area contributed by atoms with Crippen molar-refractivity contribution in [3.63, 3.8) is 0 Å². The number of pyridine rings is 1. The summed E-state index contributed by atoms with van der Waals surface area (Å²) in [6.45, 7) is 0.962. The molecule has 0 saturated carbocycles. The summed E-state index contributed by atoms with van der Waals surface area (Å²) in [7, 11) is 0. The van der Waals surface area contributed by atoms with Crippen LogP contribution in [0.25, 0.3) is 11.0 Å². The summed E-state index contributed by atoms with van der Waals surface area (Å²) >= 11 is 5.95. The average Bonchev–Trinajstić information content (AvgIpc) is 2.82. The van der Waals surface area contributed by atoms with Gasteiger partial charge in [-0.05, 0) is 48.9 Å². The zero-order chi connectivity index (χ0) is 14.8. The molecule has 3 rings (SSSR count). The van der Waals surface area contributed by atoms with Gasteiger partial charge in [0, 0.05) is 28.4 Å². The maximum atomic E-state index is 13.9. The van der Waals surface area contributed by atoms with Crippen LogP contribution in [0.4, 0.5) is 4.39 Å². The summed E-state index contributed by atoms with van der Waals surface area (Å²) in [5, 5.41) is 1.59. The molecule has 2 N–H and O–H groups in total. The highest BCUT2D eigenvalue weighted by Crippen LogP contribution is 2.22. The molecular weight excluding hydrogens is 289 g/mol. The maximum absolute atomic E-state index is 13.9. The molecule has 3 nitrogen and oxygen atoms in total. The van der Waals surface area contributed by atoms with E-state index in [0.29, 0.717) is 23.7 Å². The Balaban J connectivity index is 2.06. The highest BCUT2D eigenvalue weighted by atomic mass is 35.5. The molecule has 108 valence electrons. The van der Waals surface area contributed by atoms with Gasteiger partial charge in [0.1, 0.15) is 11.5 Å². The summed E-state index contributed by atoms with van der Waals surface area (Å²) in [5.41, 5.74) is 8.16. The van der Waals surface area contributed by atoms with Crippen molar-refractivity contribution in [1.29, 1.82) is 0 Å². The van der Waals surface area contributed by atoms with Crippen molar-refractivity contribution < 1.29 is 4.39 Å². The molecule has 5 heteroatoms. The number of hydrogen-bond acceptors (Lipinski definition) is 2. The van der Waals surface area contributed by atoms with Crippen molar-refractivity contribution in [3.8, 4) is 0 Å². The Morgan fingerprint density at radius 3 is 2.90 bits per heavy atom. The molecule has 0 aliphatic heterocycles. The number of nitrogens with zero attached hydrogens (tertiary/aromatic N) is 2. The van der Waals surface area contributed by atoms with Gasteiger partial charge in [-0.15, -0.1) is 0 Å². The number of fused-ring (bicyclic) bond motifs is 1. The van der Waals surface area contributed by atoms with Crippen LogP contribution in [0.2, 0.25) is 5.02 Å². The van der Waals surface area contributed by atoms with Crippen LogP contribution in [-0.4, -0.2) is 16.1 Å². The van der Waals surface area contributed by atoms with Gasteiger partial charge < -0.3 is 10.3 Å².